The molecule has 0 fully saturated rings. The topological polar surface area (TPSA) is 20.2 Å². The fourth-order valence-corrected chi connectivity index (χ4v) is 3.09. The summed E-state index contributed by atoms with van der Waals surface area (Å²) in [5, 5.41) is 12.7. The quantitative estimate of drug-likeness (QED) is 0.840. The lowest BCUT2D eigenvalue weighted by atomic mass is 10.2. The van der Waals surface area contributed by atoms with Gasteiger partial charge in [0.05, 0.1) is 11.6 Å². The maximum Gasteiger partial charge on any atom is 0.0696 e. The molecule has 0 bridgehead atoms. The molecule has 2 aromatic rings. The van der Waals surface area contributed by atoms with E-state index in [4.69, 9.17) is 16.7 Å². The van der Waals surface area contributed by atoms with E-state index < -0.39 is 0 Å². The van der Waals surface area contributed by atoms with E-state index in [0.717, 1.165) is 20.1 Å². The summed E-state index contributed by atoms with van der Waals surface area (Å²) in [5.41, 5.74) is 0.925. The van der Waals surface area contributed by atoms with Crippen LogP contribution >= 0.6 is 38.9 Å². The first-order valence-electron chi connectivity index (χ1n) is 3.69. The van der Waals surface area contributed by atoms with E-state index in [1.165, 1.54) is 0 Å². The largest absolute Gasteiger partial charge is 0.392 e. The third-order valence-electron chi connectivity index (χ3n) is 1.88. The molecular formula is C9H6BrClOS. The summed E-state index contributed by atoms with van der Waals surface area (Å²) < 4.78 is 2.01. The van der Waals surface area contributed by atoms with Gasteiger partial charge in [0.2, 0.25) is 0 Å². The summed E-state index contributed by atoms with van der Waals surface area (Å²) in [4.78, 5) is 0. The van der Waals surface area contributed by atoms with Crippen LogP contribution in [0.1, 0.15) is 5.56 Å². The summed E-state index contributed by atoms with van der Waals surface area (Å²) in [6.45, 7) is 0.0545. The molecule has 0 saturated heterocycles. The highest BCUT2D eigenvalue weighted by atomic mass is 79.9. The smallest absolute Gasteiger partial charge is 0.0696 e. The van der Waals surface area contributed by atoms with Crippen molar-refractivity contribution in [3.05, 3.63) is 32.6 Å². The fourth-order valence-electron chi connectivity index (χ4n) is 1.24. The zero-order valence-electron chi connectivity index (χ0n) is 6.55. The van der Waals surface area contributed by atoms with Crippen LogP contribution in [0.5, 0.6) is 0 Å². The summed E-state index contributed by atoms with van der Waals surface area (Å²) in [6.07, 6.45) is 0. The van der Waals surface area contributed by atoms with Crippen LogP contribution < -0.4 is 0 Å². The first-order valence-corrected chi connectivity index (χ1v) is 5.74. The SMILES string of the molecule is OCc1csc2ccc(Cl)c(Br)c12. The Balaban J connectivity index is 2.85. The summed E-state index contributed by atoms with van der Waals surface area (Å²) in [5.74, 6) is 0. The van der Waals surface area contributed by atoms with Crippen molar-refractivity contribution >= 4 is 49.0 Å². The lowest BCUT2D eigenvalue weighted by Crippen LogP contribution is -1.80. The van der Waals surface area contributed by atoms with Gasteiger partial charge in [-0.2, -0.15) is 0 Å². The third-order valence-corrected chi connectivity index (χ3v) is 4.24. The molecule has 0 aliphatic carbocycles. The summed E-state index contributed by atoms with van der Waals surface area (Å²) in [6, 6.07) is 3.82. The van der Waals surface area contributed by atoms with Gasteiger partial charge in [0.15, 0.2) is 0 Å². The molecule has 1 aromatic heterocycles. The van der Waals surface area contributed by atoms with Crippen molar-refractivity contribution in [2.75, 3.05) is 0 Å². The zero-order chi connectivity index (χ0) is 9.42. The minimum absolute atomic E-state index is 0.0545. The molecule has 1 N–H and O–H groups in total. The molecule has 1 aromatic carbocycles. The van der Waals surface area contributed by atoms with Crippen LogP contribution in [-0.2, 0) is 6.61 Å². The highest BCUT2D eigenvalue weighted by Gasteiger charge is 2.09. The molecule has 68 valence electrons. The molecule has 1 heterocycles. The van der Waals surface area contributed by atoms with Crippen LogP contribution in [0.3, 0.4) is 0 Å². The van der Waals surface area contributed by atoms with E-state index >= 15 is 0 Å². The Hall–Kier alpha value is -0.0900. The Kier molecular flexibility index (Phi) is 2.60. The van der Waals surface area contributed by atoms with Gasteiger partial charge in [-0.15, -0.1) is 11.3 Å². The van der Waals surface area contributed by atoms with Crippen molar-refractivity contribution in [3.8, 4) is 0 Å². The normalized spacial score (nSPS) is 11.0. The number of thiophene rings is 1. The van der Waals surface area contributed by atoms with Crippen molar-refractivity contribution in [2.45, 2.75) is 6.61 Å². The van der Waals surface area contributed by atoms with E-state index in [2.05, 4.69) is 15.9 Å². The van der Waals surface area contributed by atoms with Crippen LogP contribution in [-0.4, -0.2) is 5.11 Å². The number of fused-ring (bicyclic) bond motifs is 1. The minimum Gasteiger partial charge on any atom is -0.392 e. The van der Waals surface area contributed by atoms with E-state index in [-0.39, 0.29) is 6.61 Å². The Labute approximate surface area is 93.1 Å². The molecule has 0 atom stereocenters. The Morgan fingerprint density at radius 1 is 1.46 bits per heavy atom. The van der Waals surface area contributed by atoms with Crippen LogP contribution in [0.2, 0.25) is 5.02 Å². The molecule has 0 radical (unpaired) electrons. The van der Waals surface area contributed by atoms with Gasteiger partial charge in [-0.25, -0.2) is 0 Å². The number of benzene rings is 1. The van der Waals surface area contributed by atoms with Gasteiger partial charge in [0.1, 0.15) is 0 Å². The molecule has 0 spiro atoms. The van der Waals surface area contributed by atoms with Crippen LogP contribution in [0, 0.1) is 0 Å². The molecule has 0 amide bonds. The van der Waals surface area contributed by atoms with Gasteiger partial charge in [-0.05, 0) is 39.0 Å². The van der Waals surface area contributed by atoms with Gasteiger partial charge in [-0.1, -0.05) is 11.6 Å². The summed E-state index contributed by atoms with van der Waals surface area (Å²) in [7, 11) is 0. The number of aliphatic hydroxyl groups excluding tert-OH is 1. The van der Waals surface area contributed by atoms with Crippen LogP contribution in [0.25, 0.3) is 10.1 Å². The molecule has 0 aliphatic heterocycles. The predicted molar refractivity (Wildman–Crippen MR) is 60.5 cm³/mol. The van der Waals surface area contributed by atoms with Gasteiger partial charge in [-0.3, -0.25) is 0 Å². The lowest BCUT2D eigenvalue weighted by molar-refractivity contribution is 0.284. The maximum absolute atomic E-state index is 9.08. The number of rotatable bonds is 1. The second-order valence-corrected chi connectivity index (χ2v) is 4.76. The maximum atomic E-state index is 9.08. The van der Waals surface area contributed by atoms with Crippen molar-refractivity contribution in [1.82, 2.24) is 0 Å². The van der Waals surface area contributed by atoms with Gasteiger partial charge >= 0.3 is 0 Å². The molecule has 1 nitrogen and oxygen atoms in total. The highest BCUT2D eigenvalue weighted by Crippen LogP contribution is 2.36. The van der Waals surface area contributed by atoms with Gasteiger partial charge < -0.3 is 5.11 Å². The van der Waals surface area contributed by atoms with Gasteiger partial charge in [0.25, 0.3) is 0 Å². The standard InChI is InChI=1S/C9H6BrClOS/c10-9-6(11)1-2-7-8(9)5(3-12)4-13-7/h1-2,4,12H,3H2. The third kappa shape index (κ3) is 1.50. The van der Waals surface area contributed by atoms with Crippen LogP contribution in [0.15, 0.2) is 22.0 Å². The second kappa shape index (κ2) is 3.58. The van der Waals surface area contributed by atoms with Crippen molar-refractivity contribution in [2.24, 2.45) is 0 Å². The Morgan fingerprint density at radius 2 is 2.23 bits per heavy atom. The first kappa shape index (κ1) is 9.46. The first-order chi connectivity index (χ1) is 6.24. The van der Waals surface area contributed by atoms with E-state index in [1.54, 1.807) is 11.3 Å². The number of hydrogen-bond donors (Lipinski definition) is 1. The Morgan fingerprint density at radius 3 is 2.92 bits per heavy atom. The van der Waals surface area contributed by atoms with Crippen molar-refractivity contribution < 1.29 is 5.11 Å². The predicted octanol–water partition coefficient (Wildman–Crippen LogP) is 3.81. The molecule has 13 heavy (non-hydrogen) atoms. The highest BCUT2D eigenvalue weighted by molar-refractivity contribution is 9.10. The molecule has 0 aliphatic rings. The van der Waals surface area contributed by atoms with Gasteiger partial charge in [0, 0.05) is 14.6 Å². The lowest BCUT2D eigenvalue weighted by Gasteiger charge is -1.99. The van der Waals surface area contributed by atoms with E-state index in [9.17, 15) is 0 Å². The number of halogens is 2. The zero-order valence-corrected chi connectivity index (χ0v) is 9.71. The molecule has 2 rings (SSSR count). The molecule has 0 saturated carbocycles. The Bertz CT molecular complexity index is 452. The average molecular weight is 278 g/mol. The molecule has 4 heteroatoms. The number of aliphatic hydroxyl groups is 1. The molecule has 0 unspecified atom stereocenters. The monoisotopic (exact) mass is 276 g/mol. The van der Waals surface area contributed by atoms with E-state index in [0.29, 0.717) is 5.02 Å². The van der Waals surface area contributed by atoms with Crippen molar-refractivity contribution in [1.29, 1.82) is 0 Å². The molecular weight excluding hydrogens is 272 g/mol. The van der Waals surface area contributed by atoms with E-state index in [1.807, 2.05) is 17.5 Å². The minimum atomic E-state index is 0.0545. The van der Waals surface area contributed by atoms with Crippen molar-refractivity contribution in [3.63, 3.8) is 0 Å². The average Bonchev–Trinajstić information content (AvgIpc) is 2.55. The summed E-state index contributed by atoms with van der Waals surface area (Å²) >= 11 is 11.0. The number of hydrogen-bond acceptors (Lipinski definition) is 2. The van der Waals surface area contributed by atoms with Crippen LogP contribution in [0.4, 0.5) is 0 Å². The fraction of sp³-hybridized carbons (Fsp3) is 0.111. The second-order valence-electron chi connectivity index (χ2n) is 2.65.